The molecule has 0 saturated carbocycles. The fourth-order valence-electron chi connectivity index (χ4n) is 1.12. The van der Waals surface area contributed by atoms with E-state index >= 15 is 0 Å². The number of methoxy groups -OCH3 is 2. The van der Waals surface area contributed by atoms with E-state index in [4.69, 9.17) is 14.0 Å². The molecule has 0 aliphatic carbocycles. The fourth-order valence-corrected chi connectivity index (χ4v) is 1.12. The Morgan fingerprint density at radius 1 is 1.36 bits per heavy atom. The van der Waals surface area contributed by atoms with Crippen LogP contribution in [0.1, 0.15) is 0 Å². The van der Waals surface area contributed by atoms with Crippen molar-refractivity contribution in [3.63, 3.8) is 0 Å². The van der Waals surface area contributed by atoms with Crippen molar-refractivity contribution < 1.29 is 35.7 Å². The Labute approximate surface area is 96.0 Å². The van der Waals surface area contributed by atoms with E-state index in [-0.39, 0.29) is 21.7 Å². The molecule has 0 aliphatic rings. The summed E-state index contributed by atoms with van der Waals surface area (Å²) in [6, 6.07) is 4.68. The van der Waals surface area contributed by atoms with Crippen LogP contribution in [0.5, 0.6) is 11.5 Å². The standard InChI is InChI=1S/C9H8NO3.Ti/c1-11-7-3-6-5-10-13-9(6)8(4-7)12-2;/h3,5H,1-2H3;. The molecule has 0 fully saturated rings. The van der Waals surface area contributed by atoms with Gasteiger partial charge in [-0.25, -0.2) is 0 Å². The third-order valence-corrected chi connectivity index (χ3v) is 1.75. The van der Waals surface area contributed by atoms with E-state index in [1.165, 1.54) is 0 Å². The molecule has 0 unspecified atom stereocenters. The minimum absolute atomic E-state index is 0. The number of nitrogens with zero attached hydrogens (tertiary/aromatic N) is 1. The van der Waals surface area contributed by atoms with Crippen molar-refractivity contribution in [3.8, 4) is 11.5 Å². The summed E-state index contributed by atoms with van der Waals surface area (Å²) in [6.45, 7) is 0. The van der Waals surface area contributed by atoms with Crippen LogP contribution in [0.15, 0.2) is 16.8 Å². The molecule has 14 heavy (non-hydrogen) atoms. The summed E-state index contributed by atoms with van der Waals surface area (Å²) in [5.74, 6) is 1.11. The normalized spacial score (nSPS) is 9.57. The molecule has 0 amide bonds. The number of benzene rings is 1. The summed E-state index contributed by atoms with van der Waals surface area (Å²) in [5, 5.41) is 4.49. The minimum Gasteiger partial charge on any atom is -0.496 e. The molecule has 0 N–H and O–H groups in total. The van der Waals surface area contributed by atoms with Crippen LogP contribution in [0.4, 0.5) is 0 Å². The Balaban J connectivity index is 0.000000980. The van der Waals surface area contributed by atoms with Gasteiger partial charge in [0.1, 0.15) is 5.75 Å². The third-order valence-electron chi connectivity index (χ3n) is 1.75. The number of hydrogen-bond donors (Lipinski definition) is 0. The van der Waals surface area contributed by atoms with Gasteiger partial charge in [0.25, 0.3) is 0 Å². The van der Waals surface area contributed by atoms with Crippen molar-refractivity contribution in [2.45, 2.75) is 0 Å². The Morgan fingerprint density at radius 2 is 2.14 bits per heavy atom. The fraction of sp³-hybridized carbons (Fsp3) is 0.222. The van der Waals surface area contributed by atoms with Crippen LogP contribution in [0, 0.1) is 6.07 Å². The van der Waals surface area contributed by atoms with Gasteiger partial charge in [-0.3, -0.25) is 0 Å². The summed E-state index contributed by atoms with van der Waals surface area (Å²) in [6.07, 6.45) is 1.61. The van der Waals surface area contributed by atoms with Crippen molar-refractivity contribution in [1.82, 2.24) is 5.16 Å². The molecule has 0 atom stereocenters. The van der Waals surface area contributed by atoms with Gasteiger partial charge in [-0.2, -0.15) is 0 Å². The van der Waals surface area contributed by atoms with Crippen molar-refractivity contribution in [2.24, 2.45) is 0 Å². The Kier molecular flexibility index (Phi) is 3.55. The monoisotopic (exact) mass is 226 g/mol. The predicted molar refractivity (Wildman–Crippen MR) is 45.9 cm³/mol. The zero-order valence-electron chi connectivity index (χ0n) is 7.83. The van der Waals surface area contributed by atoms with Gasteiger partial charge in [0.2, 0.25) is 5.58 Å². The minimum atomic E-state index is 0. The number of aromatic nitrogens is 1. The molecule has 1 aromatic carbocycles. The smallest absolute Gasteiger partial charge is 0.209 e. The van der Waals surface area contributed by atoms with Gasteiger partial charge in [0.05, 0.1) is 26.5 Å². The van der Waals surface area contributed by atoms with E-state index in [1.807, 2.05) is 0 Å². The topological polar surface area (TPSA) is 44.5 Å². The first-order valence-electron chi connectivity index (χ1n) is 3.74. The molecule has 0 saturated heterocycles. The average Bonchev–Trinajstić information content (AvgIpc) is 2.63. The van der Waals surface area contributed by atoms with Gasteiger partial charge in [0, 0.05) is 27.1 Å². The Hall–Kier alpha value is -0.996. The molecule has 1 aromatic heterocycles. The van der Waals surface area contributed by atoms with E-state index in [0.717, 1.165) is 5.39 Å². The van der Waals surface area contributed by atoms with Gasteiger partial charge >= 0.3 is 0 Å². The summed E-state index contributed by atoms with van der Waals surface area (Å²) in [7, 11) is 3.12. The average molecular weight is 226 g/mol. The SMILES string of the molecule is COc1[c]c(OC)c2oncc2c1.[Ti]. The van der Waals surface area contributed by atoms with E-state index in [2.05, 4.69) is 11.2 Å². The molecular formula is C9H8NO3Ti. The van der Waals surface area contributed by atoms with E-state index in [1.54, 1.807) is 26.5 Å². The third kappa shape index (κ3) is 1.76. The summed E-state index contributed by atoms with van der Waals surface area (Å²) < 4.78 is 15.1. The van der Waals surface area contributed by atoms with Crippen LogP contribution in [0.2, 0.25) is 0 Å². The second-order valence-electron chi connectivity index (χ2n) is 2.48. The predicted octanol–water partition coefficient (Wildman–Crippen LogP) is 1.64. The zero-order chi connectivity index (χ0) is 9.26. The molecule has 5 heteroatoms. The maximum atomic E-state index is 5.06. The van der Waals surface area contributed by atoms with Crippen molar-refractivity contribution in [1.29, 1.82) is 0 Å². The largest absolute Gasteiger partial charge is 0.496 e. The van der Waals surface area contributed by atoms with Crippen LogP contribution in [-0.2, 0) is 21.7 Å². The first-order chi connectivity index (χ1) is 6.35. The van der Waals surface area contributed by atoms with Crippen molar-refractivity contribution >= 4 is 11.0 Å². The zero-order valence-corrected chi connectivity index (χ0v) is 9.39. The maximum absolute atomic E-state index is 5.06. The molecule has 0 aliphatic heterocycles. The van der Waals surface area contributed by atoms with Gasteiger partial charge in [-0.05, 0) is 6.07 Å². The molecule has 1 heterocycles. The second kappa shape index (κ2) is 4.48. The van der Waals surface area contributed by atoms with Crippen molar-refractivity contribution in [3.05, 3.63) is 18.3 Å². The molecule has 2 rings (SSSR count). The molecule has 1 radical (unpaired) electrons. The summed E-state index contributed by atoms with van der Waals surface area (Å²) in [5.41, 5.74) is 0.586. The quantitative estimate of drug-likeness (QED) is 0.730. The van der Waals surface area contributed by atoms with Crippen LogP contribution >= 0.6 is 0 Å². The van der Waals surface area contributed by atoms with Crippen LogP contribution < -0.4 is 9.47 Å². The number of ether oxygens (including phenoxy) is 2. The van der Waals surface area contributed by atoms with E-state index < -0.39 is 0 Å². The summed E-state index contributed by atoms with van der Waals surface area (Å²) >= 11 is 0. The second-order valence-corrected chi connectivity index (χ2v) is 2.48. The van der Waals surface area contributed by atoms with Crippen LogP contribution in [0.3, 0.4) is 0 Å². The first kappa shape index (κ1) is 11.1. The molecule has 0 bridgehead atoms. The van der Waals surface area contributed by atoms with Crippen LogP contribution in [-0.4, -0.2) is 19.4 Å². The van der Waals surface area contributed by atoms with Crippen molar-refractivity contribution in [2.75, 3.05) is 14.2 Å². The van der Waals surface area contributed by atoms with Gasteiger partial charge < -0.3 is 14.0 Å². The molecule has 2 aromatic rings. The Bertz CT molecular complexity index is 427. The van der Waals surface area contributed by atoms with E-state index in [9.17, 15) is 0 Å². The Morgan fingerprint density at radius 3 is 2.79 bits per heavy atom. The number of fused-ring (bicyclic) bond motifs is 1. The maximum Gasteiger partial charge on any atom is 0.209 e. The van der Waals surface area contributed by atoms with Gasteiger partial charge in [0.15, 0.2) is 5.75 Å². The number of hydrogen-bond acceptors (Lipinski definition) is 4. The van der Waals surface area contributed by atoms with E-state index in [0.29, 0.717) is 17.1 Å². The number of rotatable bonds is 2. The molecule has 4 nitrogen and oxygen atoms in total. The summed E-state index contributed by atoms with van der Waals surface area (Å²) in [4.78, 5) is 0. The molecular weight excluding hydrogens is 218 g/mol. The van der Waals surface area contributed by atoms with Gasteiger partial charge in [-0.15, -0.1) is 0 Å². The molecule has 71 valence electrons. The first-order valence-corrected chi connectivity index (χ1v) is 3.74. The molecule has 0 spiro atoms. The van der Waals surface area contributed by atoms with Gasteiger partial charge in [-0.1, -0.05) is 5.16 Å². The van der Waals surface area contributed by atoms with Crippen LogP contribution in [0.25, 0.3) is 11.0 Å².